The van der Waals surface area contributed by atoms with Gasteiger partial charge in [0, 0.05) is 25.4 Å². The first-order chi connectivity index (χ1) is 6.47. The van der Waals surface area contributed by atoms with Crippen LogP contribution in [0.25, 0.3) is 0 Å². The van der Waals surface area contributed by atoms with Crippen LogP contribution in [0.2, 0.25) is 0 Å². The van der Waals surface area contributed by atoms with Crippen LogP contribution in [0.1, 0.15) is 6.42 Å². The minimum Gasteiger partial charge on any atom is -0.291 e. The van der Waals surface area contributed by atoms with Crippen molar-refractivity contribution in [1.82, 2.24) is 10.4 Å². The smallest absolute Gasteiger partial charge is 0.291 e. The average molecular weight is 221 g/mol. The van der Waals surface area contributed by atoms with Crippen LogP contribution in [0.5, 0.6) is 0 Å². The first-order valence-electron chi connectivity index (χ1n) is 3.88. The van der Waals surface area contributed by atoms with E-state index in [1.807, 2.05) is 23.5 Å². The van der Waals surface area contributed by atoms with Crippen molar-refractivity contribution in [3.05, 3.63) is 12.3 Å². The third-order valence-electron chi connectivity index (χ3n) is 1.61. The summed E-state index contributed by atoms with van der Waals surface area (Å²) in [6.45, 7) is 1.05. The second-order valence-electron chi connectivity index (χ2n) is 2.67. The Morgan fingerprint density at radius 1 is 1.50 bits per heavy atom. The quantitative estimate of drug-likeness (QED) is 0.475. The van der Waals surface area contributed by atoms with Crippen molar-refractivity contribution in [1.29, 1.82) is 0 Å². The molecule has 0 saturated carbocycles. The normalized spacial score (nSPS) is 24.1. The van der Waals surface area contributed by atoms with E-state index in [2.05, 4.69) is 10.4 Å². The predicted octanol–water partition coefficient (Wildman–Crippen LogP) is -0.532. The molecular weight excluding hydrogens is 210 g/mol. The SMILES string of the molecule is C1=CN2NCCC2N=C1.O=S(=O)(O)O. The maximum absolute atomic E-state index is 8.74. The molecule has 0 aromatic carbocycles. The van der Waals surface area contributed by atoms with Gasteiger partial charge < -0.3 is 0 Å². The highest BCUT2D eigenvalue weighted by molar-refractivity contribution is 7.79. The van der Waals surface area contributed by atoms with E-state index in [4.69, 9.17) is 17.5 Å². The molecule has 1 saturated heterocycles. The number of nitrogens with zero attached hydrogens (tertiary/aromatic N) is 2. The fourth-order valence-corrected chi connectivity index (χ4v) is 1.15. The summed E-state index contributed by atoms with van der Waals surface area (Å²) in [5, 5.41) is 2.04. The van der Waals surface area contributed by atoms with Crippen molar-refractivity contribution < 1.29 is 17.5 Å². The molecule has 2 rings (SSSR count). The van der Waals surface area contributed by atoms with Crippen LogP contribution in [0.3, 0.4) is 0 Å². The van der Waals surface area contributed by atoms with E-state index in [1.165, 1.54) is 0 Å². The summed E-state index contributed by atoms with van der Waals surface area (Å²) in [4.78, 5) is 4.24. The van der Waals surface area contributed by atoms with Gasteiger partial charge in [-0.2, -0.15) is 8.42 Å². The van der Waals surface area contributed by atoms with Gasteiger partial charge in [-0.15, -0.1) is 0 Å². The molecule has 2 heterocycles. The first-order valence-corrected chi connectivity index (χ1v) is 5.28. The highest BCUT2D eigenvalue weighted by Crippen LogP contribution is 2.11. The zero-order valence-electron chi connectivity index (χ0n) is 7.24. The van der Waals surface area contributed by atoms with Crippen molar-refractivity contribution in [2.45, 2.75) is 12.6 Å². The number of rotatable bonds is 0. The molecule has 0 radical (unpaired) electrons. The number of aliphatic imine (C=N–C) groups is 1. The Kier molecular flexibility index (Phi) is 3.58. The monoisotopic (exact) mass is 221 g/mol. The third kappa shape index (κ3) is 4.33. The standard InChI is InChI=1S/C6H9N3.H2O4S/c1-3-7-6-2-4-8-9(6)5-1;1-5(2,3)4/h1,3,5-6,8H,2,4H2;(H2,1,2,3,4). The lowest BCUT2D eigenvalue weighted by molar-refractivity contribution is 0.279. The van der Waals surface area contributed by atoms with E-state index >= 15 is 0 Å². The molecule has 7 nitrogen and oxygen atoms in total. The molecule has 1 unspecified atom stereocenters. The van der Waals surface area contributed by atoms with Gasteiger partial charge in [0.05, 0.1) is 0 Å². The minimum absolute atomic E-state index is 0.370. The summed E-state index contributed by atoms with van der Waals surface area (Å²) in [6.07, 6.45) is 7.31. The van der Waals surface area contributed by atoms with E-state index in [0.29, 0.717) is 6.17 Å². The van der Waals surface area contributed by atoms with Crippen molar-refractivity contribution in [3.8, 4) is 0 Å². The molecule has 80 valence electrons. The lowest BCUT2D eigenvalue weighted by Gasteiger charge is -2.20. The lowest BCUT2D eigenvalue weighted by Crippen LogP contribution is -2.32. The largest absolute Gasteiger partial charge is 0.394 e. The first kappa shape index (κ1) is 11.1. The second kappa shape index (κ2) is 4.51. The van der Waals surface area contributed by atoms with Gasteiger partial charge >= 0.3 is 10.4 Å². The Balaban J connectivity index is 0.000000171. The molecule has 2 aliphatic rings. The van der Waals surface area contributed by atoms with Crippen molar-refractivity contribution in [3.63, 3.8) is 0 Å². The van der Waals surface area contributed by atoms with Gasteiger partial charge in [0.15, 0.2) is 0 Å². The van der Waals surface area contributed by atoms with Crippen LogP contribution < -0.4 is 5.43 Å². The number of hydrazine groups is 1. The number of allylic oxidation sites excluding steroid dienone is 1. The Morgan fingerprint density at radius 3 is 2.71 bits per heavy atom. The summed E-state index contributed by atoms with van der Waals surface area (Å²) in [5.41, 5.74) is 3.19. The summed E-state index contributed by atoms with van der Waals surface area (Å²) in [7, 11) is -4.67. The molecule has 14 heavy (non-hydrogen) atoms. The highest BCUT2D eigenvalue weighted by Gasteiger charge is 2.20. The van der Waals surface area contributed by atoms with Crippen LogP contribution in [-0.4, -0.2) is 41.5 Å². The van der Waals surface area contributed by atoms with Gasteiger partial charge in [0.25, 0.3) is 0 Å². The Labute approximate surface area is 81.7 Å². The van der Waals surface area contributed by atoms with Crippen molar-refractivity contribution in [2.24, 2.45) is 4.99 Å². The summed E-state index contributed by atoms with van der Waals surface area (Å²) in [6, 6.07) is 0. The maximum Gasteiger partial charge on any atom is 0.394 e. The zero-order valence-corrected chi connectivity index (χ0v) is 8.05. The van der Waals surface area contributed by atoms with Gasteiger partial charge in [0.2, 0.25) is 0 Å². The van der Waals surface area contributed by atoms with Gasteiger partial charge in [-0.3, -0.25) is 19.1 Å². The van der Waals surface area contributed by atoms with E-state index in [9.17, 15) is 0 Å². The van der Waals surface area contributed by atoms with Gasteiger partial charge in [-0.1, -0.05) is 0 Å². The summed E-state index contributed by atoms with van der Waals surface area (Å²) >= 11 is 0. The average Bonchev–Trinajstić information content (AvgIpc) is 2.47. The van der Waals surface area contributed by atoms with Gasteiger partial charge in [-0.25, -0.2) is 5.43 Å². The molecule has 0 aromatic heterocycles. The molecule has 1 fully saturated rings. The van der Waals surface area contributed by atoms with Crippen molar-refractivity contribution >= 4 is 16.6 Å². The predicted molar refractivity (Wildman–Crippen MR) is 50.1 cm³/mol. The van der Waals surface area contributed by atoms with Crippen LogP contribution in [0, 0.1) is 0 Å². The maximum atomic E-state index is 8.74. The zero-order chi connectivity index (χ0) is 10.6. The van der Waals surface area contributed by atoms with Gasteiger partial charge in [0.1, 0.15) is 6.17 Å². The van der Waals surface area contributed by atoms with E-state index < -0.39 is 10.4 Å². The second-order valence-corrected chi connectivity index (χ2v) is 3.57. The number of nitrogens with one attached hydrogen (secondary N) is 1. The summed E-state index contributed by atoms with van der Waals surface area (Å²) < 4.78 is 31.6. The third-order valence-corrected chi connectivity index (χ3v) is 1.61. The van der Waals surface area contributed by atoms with E-state index in [-0.39, 0.29) is 0 Å². The van der Waals surface area contributed by atoms with E-state index in [1.54, 1.807) is 0 Å². The molecule has 0 bridgehead atoms. The number of hydrogen-bond donors (Lipinski definition) is 3. The fourth-order valence-electron chi connectivity index (χ4n) is 1.15. The molecule has 1 atom stereocenters. The van der Waals surface area contributed by atoms with Crippen LogP contribution in [0.15, 0.2) is 17.3 Å². The van der Waals surface area contributed by atoms with Crippen molar-refractivity contribution in [2.75, 3.05) is 6.54 Å². The Hall–Kier alpha value is -0.960. The fraction of sp³-hybridized carbons (Fsp3) is 0.500. The van der Waals surface area contributed by atoms with Crippen LogP contribution >= 0.6 is 0 Å². The molecular formula is C6H11N3O4S. The summed E-state index contributed by atoms with van der Waals surface area (Å²) in [5.74, 6) is 0. The Bertz CT molecular complexity index is 311. The topological polar surface area (TPSA) is 102 Å². The molecule has 0 aliphatic carbocycles. The molecule has 0 spiro atoms. The van der Waals surface area contributed by atoms with Crippen LogP contribution in [0.4, 0.5) is 0 Å². The number of hydrogen-bond acceptors (Lipinski definition) is 5. The Morgan fingerprint density at radius 2 is 2.14 bits per heavy atom. The molecule has 0 aromatic rings. The number of fused-ring (bicyclic) bond motifs is 1. The molecule has 3 N–H and O–H groups in total. The minimum atomic E-state index is -4.67. The molecule has 8 heteroatoms. The molecule has 2 aliphatic heterocycles. The van der Waals surface area contributed by atoms with Crippen LogP contribution in [-0.2, 0) is 10.4 Å². The van der Waals surface area contributed by atoms with Gasteiger partial charge in [-0.05, 0) is 6.08 Å². The molecule has 0 amide bonds. The highest BCUT2D eigenvalue weighted by atomic mass is 32.3. The lowest BCUT2D eigenvalue weighted by atomic mass is 10.3. The van der Waals surface area contributed by atoms with E-state index in [0.717, 1.165) is 13.0 Å².